The first kappa shape index (κ1) is 23.9. The molecule has 1 N–H and O–H groups in total. The van der Waals surface area contributed by atoms with Gasteiger partial charge in [-0.25, -0.2) is 12.4 Å². The van der Waals surface area contributed by atoms with Crippen molar-refractivity contribution in [1.29, 1.82) is 0 Å². The van der Waals surface area contributed by atoms with E-state index in [0.717, 1.165) is 23.8 Å². The van der Waals surface area contributed by atoms with E-state index in [4.69, 9.17) is 14.2 Å². The molecule has 0 amide bonds. The Balaban J connectivity index is 2.03. The average Bonchev–Trinajstić information content (AvgIpc) is 3.43. The fraction of sp³-hybridized carbons (Fsp3) is 0.333. The van der Waals surface area contributed by atoms with Crippen LogP contribution >= 0.6 is 0 Å². The quantitative estimate of drug-likeness (QED) is 0.415. The molecule has 180 valence electrons. The first-order valence-corrected chi connectivity index (χ1v) is 12.0. The molecule has 1 saturated heterocycles. The first-order chi connectivity index (χ1) is 16.2. The Kier molecular flexibility index (Phi) is 6.24. The van der Waals surface area contributed by atoms with Crippen molar-refractivity contribution in [2.75, 3.05) is 20.8 Å². The van der Waals surface area contributed by atoms with Crippen molar-refractivity contribution in [3.63, 3.8) is 0 Å². The van der Waals surface area contributed by atoms with Gasteiger partial charge >= 0.3 is 11.9 Å². The molecule has 10 heteroatoms. The second-order valence-electron chi connectivity index (χ2n) is 8.19. The molecule has 1 fully saturated rings. The highest BCUT2D eigenvalue weighted by Gasteiger charge is 2.63. The van der Waals surface area contributed by atoms with Gasteiger partial charge in [-0.15, -0.1) is 0 Å². The third-order valence-electron chi connectivity index (χ3n) is 6.15. The van der Waals surface area contributed by atoms with Gasteiger partial charge in [0.05, 0.1) is 43.0 Å². The Morgan fingerprint density at radius 3 is 2.29 bits per heavy atom. The Bertz CT molecular complexity index is 1330. The highest BCUT2D eigenvalue weighted by Crippen LogP contribution is 2.51. The molecule has 4 rings (SSSR count). The number of rotatable bonds is 6. The van der Waals surface area contributed by atoms with Crippen LogP contribution in [0.3, 0.4) is 0 Å². The van der Waals surface area contributed by atoms with Crippen molar-refractivity contribution in [3.05, 3.63) is 65.9 Å². The number of carbonyl (C=O) groups is 2. The molecule has 1 aliphatic heterocycles. The summed E-state index contributed by atoms with van der Waals surface area (Å²) in [4.78, 5) is 26.1. The van der Waals surface area contributed by atoms with E-state index < -0.39 is 46.2 Å². The molecular weight excluding hydrogens is 462 g/mol. The Morgan fingerprint density at radius 2 is 1.71 bits per heavy atom. The summed E-state index contributed by atoms with van der Waals surface area (Å²) < 4.78 is 44.6. The minimum atomic E-state index is -4.18. The lowest BCUT2D eigenvalue weighted by atomic mass is 9.78. The number of aryl methyl sites for hydroxylation is 1. The van der Waals surface area contributed by atoms with Gasteiger partial charge in [0.1, 0.15) is 6.10 Å². The first-order valence-electron chi connectivity index (χ1n) is 10.6. The maximum atomic E-state index is 13.9. The normalized spacial score (nSPS) is 19.8. The molecule has 0 saturated carbocycles. The number of hydrogen-bond acceptors (Lipinski definition) is 8. The fourth-order valence-corrected chi connectivity index (χ4v) is 6.04. The summed E-state index contributed by atoms with van der Waals surface area (Å²) in [6, 6.07) is 14.7. The average molecular weight is 488 g/mol. The van der Waals surface area contributed by atoms with E-state index in [0.29, 0.717) is 10.9 Å². The van der Waals surface area contributed by atoms with Crippen molar-refractivity contribution in [3.8, 4) is 0 Å². The number of ether oxygens (including phenoxy) is 3. The van der Waals surface area contributed by atoms with E-state index in [2.05, 4.69) is 0 Å². The van der Waals surface area contributed by atoms with E-state index in [9.17, 15) is 23.1 Å². The molecular formula is C24H25NO8S. The number of benzene rings is 2. The number of nitrogens with zero attached hydrogens (tertiary/aromatic N) is 1. The molecule has 1 aliphatic rings. The summed E-state index contributed by atoms with van der Waals surface area (Å²) in [6.07, 6.45) is -2.55. The van der Waals surface area contributed by atoms with E-state index in [1.54, 1.807) is 42.5 Å². The molecule has 9 nitrogen and oxygen atoms in total. The number of para-hydroxylation sites is 1. The lowest BCUT2D eigenvalue weighted by molar-refractivity contribution is -0.174. The van der Waals surface area contributed by atoms with Crippen molar-refractivity contribution in [2.24, 2.45) is 5.41 Å². The maximum Gasteiger partial charge on any atom is 0.326 e. The number of esters is 2. The van der Waals surface area contributed by atoms with Crippen molar-refractivity contribution >= 4 is 32.9 Å². The largest absolute Gasteiger partial charge is 0.468 e. The molecule has 1 aromatic heterocycles. The highest BCUT2D eigenvalue weighted by molar-refractivity contribution is 7.90. The van der Waals surface area contributed by atoms with Crippen molar-refractivity contribution in [1.82, 2.24) is 3.97 Å². The van der Waals surface area contributed by atoms with Gasteiger partial charge in [0.2, 0.25) is 0 Å². The molecule has 0 bridgehead atoms. The predicted octanol–water partition coefficient (Wildman–Crippen LogP) is 2.34. The third-order valence-corrected chi connectivity index (χ3v) is 7.91. The van der Waals surface area contributed by atoms with Crippen LogP contribution in [0.2, 0.25) is 0 Å². The van der Waals surface area contributed by atoms with E-state index in [1.165, 1.54) is 12.1 Å². The van der Waals surface area contributed by atoms with Gasteiger partial charge in [0.15, 0.2) is 5.41 Å². The number of aliphatic hydroxyl groups is 1. The number of carbonyl (C=O) groups excluding carboxylic acids is 2. The molecule has 0 unspecified atom stereocenters. The summed E-state index contributed by atoms with van der Waals surface area (Å²) in [6.45, 7) is 1.35. The van der Waals surface area contributed by atoms with Crippen LogP contribution in [-0.4, -0.2) is 56.4 Å². The summed E-state index contributed by atoms with van der Waals surface area (Å²) >= 11 is 0. The number of aromatic nitrogens is 1. The summed E-state index contributed by atoms with van der Waals surface area (Å²) in [5.74, 6) is -1.88. The van der Waals surface area contributed by atoms with E-state index in [1.807, 2.05) is 6.92 Å². The monoisotopic (exact) mass is 487 g/mol. The second kappa shape index (κ2) is 8.86. The van der Waals surface area contributed by atoms with E-state index in [-0.39, 0.29) is 17.0 Å². The zero-order valence-electron chi connectivity index (χ0n) is 18.9. The predicted molar refractivity (Wildman–Crippen MR) is 121 cm³/mol. The highest BCUT2D eigenvalue weighted by atomic mass is 32.2. The van der Waals surface area contributed by atoms with Crippen LogP contribution in [0, 0.1) is 12.3 Å². The lowest BCUT2D eigenvalue weighted by Crippen LogP contribution is -2.44. The Labute approximate surface area is 196 Å². The van der Waals surface area contributed by atoms with Crippen LogP contribution in [-0.2, 0) is 33.8 Å². The van der Waals surface area contributed by atoms with Gasteiger partial charge < -0.3 is 19.3 Å². The van der Waals surface area contributed by atoms with Crippen LogP contribution in [0.1, 0.15) is 23.8 Å². The standard InChI is InChI=1S/C24H25NO8S/c1-15-8-10-18(11-9-15)34(29,30)25-19-7-5-4-6-16(19)12-20(25)21-24(22(27)31-2,23(28)32-3)13-17(14-26)33-21/h4-12,17,21,26H,13-14H2,1-3H3/t17-,21-/m1/s1. The summed E-state index contributed by atoms with van der Waals surface area (Å²) in [7, 11) is -1.94. The van der Waals surface area contributed by atoms with Gasteiger partial charge in [-0.05, 0) is 31.2 Å². The van der Waals surface area contributed by atoms with Crippen molar-refractivity contribution < 1.29 is 37.3 Å². The van der Waals surface area contributed by atoms with Gasteiger partial charge in [-0.1, -0.05) is 35.9 Å². The molecule has 2 atom stereocenters. The smallest absolute Gasteiger partial charge is 0.326 e. The summed E-state index contributed by atoms with van der Waals surface area (Å²) in [5, 5.41) is 10.4. The Hall–Kier alpha value is -3.21. The molecule has 0 spiro atoms. The van der Waals surface area contributed by atoms with Crippen LogP contribution in [0.4, 0.5) is 0 Å². The third kappa shape index (κ3) is 3.58. The molecule has 2 aromatic carbocycles. The SMILES string of the molecule is COC(=O)C1(C(=O)OC)C[C@H](CO)O[C@@H]1c1cc2ccccc2n1S(=O)(=O)c1ccc(C)cc1. The van der Waals surface area contributed by atoms with Gasteiger partial charge in [0, 0.05) is 11.8 Å². The number of hydrogen-bond donors (Lipinski definition) is 1. The minimum absolute atomic E-state index is 0.0270. The molecule has 0 radical (unpaired) electrons. The van der Waals surface area contributed by atoms with Crippen LogP contribution in [0.25, 0.3) is 10.9 Å². The fourth-order valence-electron chi connectivity index (χ4n) is 4.50. The minimum Gasteiger partial charge on any atom is -0.468 e. The Morgan fingerprint density at radius 1 is 1.09 bits per heavy atom. The maximum absolute atomic E-state index is 13.9. The zero-order chi connectivity index (χ0) is 24.7. The molecule has 34 heavy (non-hydrogen) atoms. The number of fused-ring (bicyclic) bond motifs is 1. The second-order valence-corrected chi connectivity index (χ2v) is 9.98. The van der Waals surface area contributed by atoms with Crippen LogP contribution < -0.4 is 0 Å². The van der Waals surface area contributed by atoms with Crippen LogP contribution in [0.15, 0.2) is 59.5 Å². The summed E-state index contributed by atoms with van der Waals surface area (Å²) in [5.41, 5.74) is -0.727. The number of aliphatic hydroxyl groups excluding tert-OH is 1. The van der Waals surface area contributed by atoms with Crippen LogP contribution in [0.5, 0.6) is 0 Å². The van der Waals surface area contributed by atoms with Crippen molar-refractivity contribution in [2.45, 2.75) is 30.4 Å². The molecule has 3 aromatic rings. The molecule has 2 heterocycles. The number of methoxy groups -OCH3 is 2. The topological polar surface area (TPSA) is 121 Å². The van der Waals surface area contributed by atoms with Gasteiger partial charge in [-0.3, -0.25) is 9.59 Å². The molecule has 0 aliphatic carbocycles. The van der Waals surface area contributed by atoms with Gasteiger partial charge in [0.25, 0.3) is 10.0 Å². The zero-order valence-corrected chi connectivity index (χ0v) is 19.7. The van der Waals surface area contributed by atoms with Gasteiger partial charge in [-0.2, -0.15) is 0 Å². The lowest BCUT2D eigenvalue weighted by Gasteiger charge is -2.29. The van der Waals surface area contributed by atoms with E-state index >= 15 is 0 Å².